The monoisotopic (exact) mass is 499 g/mol. The van der Waals surface area contributed by atoms with E-state index in [4.69, 9.17) is 4.98 Å². The van der Waals surface area contributed by atoms with Gasteiger partial charge >= 0.3 is 0 Å². The van der Waals surface area contributed by atoms with Crippen LogP contribution in [-0.2, 0) is 4.79 Å². The van der Waals surface area contributed by atoms with E-state index in [0.29, 0.717) is 5.92 Å². The molecule has 1 atom stereocenters. The largest absolute Gasteiger partial charge is 0.346 e. The lowest BCUT2D eigenvalue weighted by Gasteiger charge is -2.26. The number of nitrogens with one attached hydrogen (secondary N) is 2. The van der Waals surface area contributed by atoms with E-state index in [-0.39, 0.29) is 11.8 Å². The zero-order chi connectivity index (χ0) is 25.1. The average Bonchev–Trinajstić information content (AvgIpc) is 3.50. The number of anilines is 1. The third-order valence-electron chi connectivity index (χ3n) is 7.03. The number of aromatic nitrogens is 1. The van der Waals surface area contributed by atoms with E-state index in [0.717, 1.165) is 78.5 Å². The molecule has 186 valence electrons. The van der Waals surface area contributed by atoms with Gasteiger partial charge in [0.2, 0.25) is 5.91 Å². The van der Waals surface area contributed by atoms with Gasteiger partial charge in [0.15, 0.2) is 5.13 Å². The fourth-order valence-corrected chi connectivity index (χ4v) is 5.63. The third-order valence-corrected chi connectivity index (χ3v) is 7.93. The van der Waals surface area contributed by atoms with Crippen molar-refractivity contribution >= 4 is 22.4 Å². The van der Waals surface area contributed by atoms with Crippen molar-refractivity contribution in [1.82, 2.24) is 15.6 Å². The number of hydrogen-bond donors (Lipinski definition) is 2. The molecule has 0 bridgehead atoms. The second-order valence-corrected chi connectivity index (χ2v) is 11.2. The first-order valence-electron chi connectivity index (χ1n) is 12.8. The Bertz CT molecular complexity index is 1250. The van der Waals surface area contributed by atoms with E-state index in [1.54, 1.807) is 11.3 Å². The lowest BCUT2D eigenvalue weighted by molar-refractivity contribution is -0.123. The molecule has 2 N–H and O–H groups in total. The van der Waals surface area contributed by atoms with Gasteiger partial charge < -0.3 is 15.5 Å². The molecule has 1 saturated carbocycles. The number of carbonyl (C=O) groups excluding carboxylic acids is 1. The quantitative estimate of drug-likeness (QED) is 0.446. The topological polar surface area (TPSA) is 81.0 Å². The first kappa shape index (κ1) is 24.5. The smallest absolute Gasteiger partial charge is 0.228 e. The van der Waals surface area contributed by atoms with Crippen molar-refractivity contribution in [3.05, 3.63) is 59.5 Å². The highest BCUT2D eigenvalue weighted by atomic mass is 32.1. The lowest BCUT2D eigenvalue weighted by Crippen LogP contribution is -2.43. The average molecular weight is 500 g/mol. The summed E-state index contributed by atoms with van der Waals surface area (Å²) in [4.78, 5) is 20.4. The van der Waals surface area contributed by atoms with Crippen LogP contribution in [0.25, 0.3) is 22.4 Å². The number of thiazole rings is 1. The molecule has 6 nitrogen and oxygen atoms in total. The molecule has 1 amide bonds. The van der Waals surface area contributed by atoms with E-state index in [2.05, 4.69) is 77.2 Å². The molecule has 1 saturated heterocycles. The summed E-state index contributed by atoms with van der Waals surface area (Å²) in [5.74, 6) is 0.0534. The van der Waals surface area contributed by atoms with Crippen molar-refractivity contribution < 1.29 is 4.79 Å². The zero-order valence-corrected chi connectivity index (χ0v) is 21.8. The van der Waals surface area contributed by atoms with Crippen LogP contribution in [0.15, 0.2) is 53.9 Å². The van der Waals surface area contributed by atoms with Gasteiger partial charge in [-0.15, -0.1) is 11.3 Å². The number of rotatable bonds is 8. The van der Waals surface area contributed by atoms with Gasteiger partial charge in [0.1, 0.15) is 5.54 Å². The Morgan fingerprint density at radius 1 is 1.14 bits per heavy atom. The van der Waals surface area contributed by atoms with Crippen LogP contribution < -0.4 is 15.5 Å². The Labute approximate surface area is 217 Å². The summed E-state index contributed by atoms with van der Waals surface area (Å²) in [6.45, 7) is 8.26. The number of carbonyl (C=O) groups is 1. The summed E-state index contributed by atoms with van der Waals surface area (Å²) < 4.78 is 0. The van der Waals surface area contributed by atoms with E-state index >= 15 is 0 Å². The van der Waals surface area contributed by atoms with Crippen molar-refractivity contribution in [3.63, 3.8) is 0 Å². The Balaban J connectivity index is 1.34. The van der Waals surface area contributed by atoms with Crippen LogP contribution in [-0.4, -0.2) is 42.6 Å². The molecule has 1 aromatic heterocycles. The van der Waals surface area contributed by atoms with E-state index in [1.807, 2.05) is 12.1 Å². The first-order chi connectivity index (χ1) is 17.5. The summed E-state index contributed by atoms with van der Waals surface area (Å²) >= 11 is 1.70. The highest BCUT2D eigenvalue weighted by Crippen LogP contribution is 2.37. The van der Waals surface area contributed by atoms with E-state index < -0.39 is 5.54 Å². The molecular weight excluding hydrogens is 466 g/mol. The minimum absolute atomic E-state index is 0.0425. The SMILES string of the molecule is CC(C)CC(C(=O)NC1(C#N)CC1)c1cccc(-c2ccc(-c3csc(N4CCNCC4)n3)cc2)c1. The first-order valence-corrected chi connectivity index (χ1v) is 13.7. The Kier molecular flexibility index (Phi) is 7.08. The van der Waals surface area contributed by atoms with Crippen molar-refractivity contribution in [2.24, 2.45) is 5.92 Å². The minimum Gasteiger partial charge on any atom is -0.346 e. The van der Waals surface area contributed by atoms with Gasteiger partial charge in [0, 0.05) is 37.1 Å². The fourth-order valence-electron chi connectivity index (χ4n) is 4.75. The number of hydrogen-bond acceptors (Lipinski definition) is 6. The number of nitriles is 1. The molecule has 2 heterocycles. The third kappa shape index (κ3) is 5.45. The molecule has 1 aliphatic carbocycles. The van der Waals surface area contributed by atoms with Crippen LogP contribution in [0.4, 0.5) is 5.13 Å². The molecule has 1 unspecified atom stereocenters. The minimum atomic E-state index is -0.653. The predicted octanol–water partition coefficient (Wildman–Crippen LogP) is 5.19. The standard InChI is InChI=1S/C29H33N5OS/c1-20(2)16-25(27(35)33-29(19-30)10-11-29)24-5-3-4-23(17-24)21-6-8-22(9-7-21)26-18-36-28(32-26)34-14-12-31-13-15-34/h3-9,17-18,20,25,31H,10-16H2,1-2H3,(H,33,35). The van der Waals surface area contributed by atoms with Gasteiger partial charge in [-0.05, 0) is 41.9 Å². The van der Waals surface area contributed by atoms with E-state index in [1.165, 1.54) is 0 Å². The van der Waals surface area contributed by atoms with Gasteiger partial charge in [-0.25, -0.2) is 4.98 Å². The summed E-state index contributed by atoms with van der Waals surface area (Å²) in [6, 6.07) is 19.1. The van der Waals surface area contributed by atoms with Crippen molar-refractivity contribution in [2.45, 2.75) is 44.6 Å². The molecular formula is C29H33N5OS. The highest BCUT2D eigenvalue weighted by molar-refractivity contribution is 7.14. The van der Waals surface area contributed by atoms with Crippen molar-refractivity contribution in [1.29, 1.82) is 5.26 Å². The van der Waals surface area contributed by atoms with Crippen LogP contribution in [0.2, 0.25) is 0 Å². The Morgan fingerprint density at radius 3 is 2.53 bits per heavy atom. The molecule has 5 rings (SSSR count). The van der Waals surface area contributed by atoms with Crippen LogP contribution in [0.3, 0.4) is 0 Å². The second-order valence-electron chi connectivity index (χ2n) is 10.3. The summed E-state index contributed by atoms with van der Waals surface area (Å²) in [7, 11) is 0. The maximum absolute atomic E-state index is 13.2. The molecule has 0 spiro atoms. The summed E-state index contributed by atoms with van der Waals surface area (Å²) in [6.07, 6.45) is 2.23. The molecule has 7 heteroatoms. The zero-order valence-electron chi connectivity index (χ0n) is 21.0. The molecule has 2 fully saturated rings. The number of piperazine rings is 1. The van der Waals surface area contributed by atoms with Crippen LogP contribution in [0.1, 0.15) is 44.6 Å². The molecule has 0 radical (unpaired) electrons. The van der Waals surface area contributed by atoms with E-state index in [9.17, 15) is 10.1 Å². The van der Waals surface area contributed by atoms with Gasteiger partial charge in [-0.1, -0.05) is 62.4 Å². The molecule has 3 aromatic rings. The molecule has 2 aromatic carbocycles. The second kappa shape index (κ2) is 10.4. The van der Waals surface area contributed by atoms with Crippen LogP contribution in [0, 0.1) is 17.2 Å². The van der Waals surface area contributed by atoms with Crippen molar-refractivity contribution in [2.75, 3.05) is 31.1 Å². The normalized spacial score (nSPS) is 17.4. The summed E-state index contributed by atoms with van der Waals surface area (Å²) in [5, 5.41) is 19.1. The Hall–Kier alpha value is -3.21. The van der Waals surface area contributed by atoms with Gasteiger partial charge in [-0.2, -0.15) is 5.26 Å². The summed E-state index contributed by atoms with van der Waals surface area (Å²) in [5.41, 5.74) is 4.65. The Morgan fingerprint density at radius 2 is 1.86 bits per heavy atom. The maximum atomic E-state index is 13.2. The van der Waals surface area contributed by atoms with Gasteiger partial charge in [-0.3, -0.25) is 4.79 Å². The van der Waals surface area contributed by atoms with Crippen molar-refractivity contribution in [3.8, 4) is 28.5 Å². The molecule has 1 aliphatic heterocycles. The lowest BCUT2D eigenvalue weighted by atomic mass is 9.87. The molecule has 36 heavy (non-hydrogen) atoms. The predicted molar refractivity (Wildman–Crippen MR) is 146 cm³/mol. The number of nitrogens with zero attached hydrogens (tertiary/aromatic N) is 3. The maximum Gasteiger partial charge on any atom is 0.228 e. The van der Waals surface area contributed by atoms with Gasteiger partial charge in [0.25, 0.3) is 0 Å². The fraction of sp³-hybridized carbons (Fsp3) is 0.414. The number of amides is 1. The molecule has 2 aliphatic rings. The highest BCUT2D eigenvalue weighted by Gasteiger charge is 2.45. The van der Waals surface area contributed by atoms with Gasteiger partial charge in [0.05, 0.1) is 17.7 Å². The number of benzene rings is 2. The van der Waals surface area contributed by atoms with Crippen LogP contribution >= 0.6 is 11.3 Å². The van der Waals surface area contributed by atoms with Crippen LogP contribution in [0.5, 0.6) is 0 Å².